The Labute approximate surface area is 70.5 Å². The van der Waals surface area contributed by atoms with Gasteiger partial charge in [0.05, 0.1) is 12.8 Å². The van der Waals surface area contributed by atoms with Gasteiger partial charge in [-0.25, -0.2) is 0 Å². The third-order valence-electron chi connectivity index (χ3n) is 1.96. The summed E-state index contributed by atoms with van der Waals surface area (Å²) in [6.45, 7) is 0.638. The number of aliphatic hydroxyl groups is 1. The van der Waals surface area contributed by atoms with E-state index in [0.717, 1.165) is 0 Å². The number of aliphatic carboxylic acids is 1. The second kappa shape index (κ2) is 3.84. The van der Waals surface area contributed by atoms with Gasteiger partial charge in [-0.05, 0) is 0 Å². The summed E-state index contributed by atoms with van der Waals surface area (Å²) in [5.74, 6) is -0.899. The number of carboxylic acid groups (broad SMARTS) is 1. The average Bonchev–Trinajstić information content (AvgIpc) is 2.32. The van der Waals surface area contributed by atoms with E-state index in [-0.39, 0.29) is 6.73 Å². The lowest BCUT2D eigenvalue weighted by atomic mass is 10.2. The minimum Gasteiger partial charge on any atom is -0.480 e. The van der Waals surface area contributed by atoms with Gasteiger partial charge in [-0.15, -0.1) is 0 Å². The lowest BCUT2D eigenvalue weighted by molar-refractivity contribution is -0.143. The van der Waals surface area contributed by atoms with Crippen LogP contribution in [0.1, 0.15) is 6.42 Å². The monoisotopic (exact) mass is 175 g/mol. The van der Waals surface area contributed by atoms with Crippen molar-refractivity contribution in [2.75, 3.05) is 20.4 Å². The number of methoxy groups -OCH3 is 1. The van der Waals surface area contributed by atoms with Crippen molar-refractivity contribution in [1.82, 2.24) is 4.90 Å². The molecule has 70 valence electrons. The van der Waals surface area contributed by atoms with Gasteiger partial charge >= 0.3 is 5.97 Å². The highest BCUT2D eigenvalue weighted by molar-refractivity contribution is 5.73. The van der Waals surface area contributed by atoms with Gasteiger partial charge in [0.15, 0.2) is 0 Å². The number of β-amino-alcohol motifs (C(OH)–C–C–N with tert-alkyl or cyclic N) is 1. The fourth-order valence-corrected chi connectivity index (χ4v) is 1.44. The van der Waals surface area contributed by atoms with E-state index in [4.69, 9.17) is 9.84 Å². The molecular weight excluding hydrogens is 162 g/mol. The summed E-state index contributed by atoms with van der Waals surface area (Å²) in [6, 6.07) is -0.597. The van der Waals surface area contributed by atoms with Crippen LogP contribution in [0.3, 0.4) is 0 Å². The largest absolute Gasteiger partial charge is 0.480 e. The van der Waals surface area contributed by atoms with Gasteiger partial charge in [-0.3, -0.25) is 9.69 Å². The molecule has 0 aromatic rings. The predicted octanol–water partition coefficient (Wildman–Crippen LogP) is -0.890. The fourth-order valence-electron chi connectivity index (χ4n) is 1.44. The number of hydrogen-bond acceptors (Lipinski definition) is 4. The molecule has 0 amide bonds. The molecule has 1 heterocycles. The first kappa shape index (κ1) is 9.44. The first-order valence-corrected chi connectivity index (χ1v) is 3.79. The van der Waals surface area contributed by atoms with E-state index >= 15 is 0 Å². The molecule has 0 aliphatic carbocycles. The van der Waals surface area contributed by atoms with Crippen LogP contribution in [0.25, 0.3) is 0 Å². The van der Waals surface area contributed by atoms with Crippen molar-refractivity contribution in [2.45, 2.75) is 18.6 Å². The van der Waals surface area contributed by atoms with Gasteiger partial charge in [0, 0.05) is 20.1 Å². The van der Waals surface area contributed by atoms with Crippen molar-refractivity contribution in [3.8, 4) is 0 Å². The third kappa shape index (κ3) is 1.94. The molecule has 0 bridgehead atoms. The molecular formula is C7H13NO4. The maximum Gasteiger partial charge on any atom is 0.321 e. The summed E-state index contributed by atoms with van der Waals surface area (Å²) < 4.78 is 4.81. The van der Waals surface area contributed by atoms with Crippen LogP contribution in [0.5, 0.6) is 0 Å². The summed E-state index contributed by atoms with van der Waals surface area (Å²) >= 11 is 0. The molecule has 0 saturated carbocycles. The molecule has 2 N–H and O–H groups in total. The highest BCUT2D eigenvalue weighted by Crippen LogP contribution is 2.17. The zero-order valence-corrected chi connectivity index (χ0v) is 6.93. The molecule has 12 heavy (non-hydrogen) atoms. The third-order valence-corrected chi connectivity index (χ3v) is 1.96. The number of aliphatic hydroxyl groups excluding tert-OH is 1. The highest BCUT2D eigenvalue weighted by Gasteiger charge is 2.35. The van der Waals surface area contributed by atoms with Crippen molar-refractivity contribution >= 4 is 5.97 Å². The van der Waals surface area contributed by atoms with Crippen molar-refractivity contribution in [3.63, 3.8) is 0 Å². The number of rotatable bonds is 3. The van der Waals surface area contributed by atoms with Crippen molar-refractivity contribution in [2.24, 2.45) is 0 Å². The number of likely N-dealkylation sites (tertiary alicyclic amines) is 1. The first-order chi connectivity index (χ1) is 5.65. The maximum atomic E-state index is 10.6. The lowest BCUT2D eigenvalue weighted by Gasteiger charge is -2.18. The fraction of sp³-hybridized carbons (Fsp3) is 0.857. The van der Waals surface area contributed by atoms with Crippen LogP contribution in [0, 0.1) is 0 Å². The van der Waals surface area contributed by atoms with Crippen LogP contribution in [0.4, 0.5) is 0 Å². The Bertz CT molecular complexity index is 173. The molecule has 1 aliphatic heterocycles. The summed E-state index contributed by atoms with van der Waals surface area (Å²) in [6.07, 6.45) is -0.250. The summed E-state index contributed by atoms with van der Waals surface area (Å²) in [5.41, 5.74) is 0. The highest BCUT2D eigenvalue weighted by atomic mass is 16.5. The van der Waals surface area contributed by atoms with Crippen molar-refractivity contribution < 1.29 is 19.7 Å². The van der Waals surface area contributed by atoms with Gasteiger partial charge in [0.1, 0.15) is 6.04 Å². The van der Waals surface area contributed by atoms with E-state index in [1.807, 2.05) is 0 Å². The Kier molecular flexibility index (Phi) is 3.02. The van der Waals surface area contributed by atoms with Crippen LogP contribution < -0.4 is 0 Å². The van der Waals surface area contributed by atoms with E-state index < -0.39 is 18.1 Å². The van der Waals surface area contributed by atoms with Crippen LogP contribution in [-0.2, 0) is 9.53 Å². The van der Waals surface area contributed by atoms with Crippen LogP contribution in [0.2, 0.25) is 0 Å². The second-order valence-electron chi connectivity index (χ2n) is 2.93. The van der Waals surface area contributed by atoms with E-state index in [0.29, 0.717) is 13.0 Å². The number of carboxylic acids is 1. The van der Waals surface area contributed by atoms with Gasteiger partial charge in [0.25, 0.3) is 0 Å². The minimum absolute atomic E-state index is 0.258. The predicted molar refractivity (Wildman–Crippen MR) is 40.6 cm³/mol. The molecule has 2 atom stereocenters. The Morgan fingerprint density at radius 3 is 2.92 bits per heavy atom. The van der Waals surface area contributed by atoms with E-state index in [2.05, 4.69) is 0 Å². The first-order valence-electron chi connectivity index (χ1n) is 3.79. The molecule has 1 fully saturated rings. The zero-order chi connectivity index (χ0) is 9.14. The number of carbonyl (C=O) groups is 1. The Morgan fingerprint density at radius 1 is 1.75 bits per heavy atom. The van der Waals surface area contributed by atoms with Gasteiger partial charge in [-0.2, -0.15) is 0 Å². The second-order valence-corrected chi connectivity index (χ2v) is 2.93. The molecule has 0 radical (unpaired) electrons. The molecule has 5 heteroatoms. The molecule has 5 nitrogen and oxygen atoms in total. The van der Waals surface area contributed by atoms with E-state index in [1.54, 1.807) is 4.90 Å². The molecule has 0 unspecified atom stereocenters. The minimum atomic E-state index is -0.899. The van der Waals surface area contributed by atoms with Crippen LogP contribution in [0.15, 0.2) is 0 Å². The van der Waals surface area contributed by atoms with Gasteiger partial charge in [0.2, 0.25) is 0 Å². The Balaban J connectivity index is 2.53. The molecule has 0 aromatic heterocycles. The maximum absolute atomic E-state index is 10.6. The van der Waals surface area contributed by atoms with Crippen LogP contribution >= 0.6 is 0 Å². The standard InChI is InChI=1S/C7H13NO4/c1-12-4-8-3-5(9)2-6(8)7(10)11/h5-6,9H,2-4H2,1H3,(H,10,11)/t5-,6+/m1/s1. The Hall–Kier alpha value is -0.650. The summed E-state index contributed by atoms with van der Waals surface area (Å²) in [7, 11) is 1.50. The quantitative estimate of drug-likeness (QED) is 0.582. The van der Waals surface area contributed by atoms with Gasteiger partial charge in [-0.1, -0.05) is 0 Å². The number of ether oxygens (including phenoxy) is 1. The molecule has 1 aliphatic rings. The molecule has 1 saturated heterocycles. The topological polar surface area (TPSA) is 70.0 Å². The van der Waals surface area contributed by atoms with Crippen molar-refractivity contribution in [1.29, 1.82) is 0 Å². The normalized spacial score (nSPS) is 30.8. The number of hydrogen-bond donors (Lipinski definition) is 2. The molecule has 1 rings (SSSR count). The van der Waals surface area contributed by atoms with Crippen LogP contribution in [-0.4, -0.2) is 53.6 Å². The summed E-state index contributed by atoms with van der Waals surface area (Å²) in [5, 5.41) is 17.9. The lowest BCUT2D eigenvalue weighted by Crippen LogP contribution is -2.37. The van der Waals surface area contributed by atoms with Gasteiger partial charge < -0.3 is 14.9 Å². The smallest absolute Gasteiger partial charge is 0.321 e. The van der Waals surface area contributed by atoms with E-state index in [9.17, 15) is 9.90 Å². The summed E-state index contributed by atoms with van der Waals surface area (Å²) in [4.78, 5) is 12.2. The van der Waals surface area contributed by atoms with E-state index in [1.165, 1.54) is 7.11 Å². The molecule has 0 spiro atoms. The Morgan fingerprint density at radius 2 is 2.42 bits per heavy atom. The SMILES string of the molecule is COCN1C[C@H](O)C[C@H]1C(=O)O. The zero-order valence-electron chi connectivity index (χ0n) is 6.93. The average molecular weight is 175 g/mol. The number of nitrogens with zero attached hydrogens (tertiary/aromatic N) is 1. The van der Waals surface area contributed by atoms with Crippen molar-refractivity contribution in [3.05, 3.63) is 0 Å². The molecule has 0 aromatic carbocycles.